The summed E-state index contributed by atoms with van der Waals surface area (Å²) in [5.41, 5.74) is 2.22. The highest BCUT2D eigenvalue weighted by molar-refractivity contribution is 5.60. The van der Waals surface area contributed by atoms with Gasteiger partial charge in [0.1, 0.15) is 0 Å². The van der Waals surface area contributed by atoms with E-state index in [0.29, 0.717) is 23.5 Å². The second kappa shape index (κ2) is 8.63. The van der Waals surface area contributed by atoms with Crippen LogP contribution in [-0.2, 0) is 6.42 Å². The van der Waals surface area contributed by atoms with E-state index in [1.807, 2.05) is 6.08 Å². The van der Waals surface area contributed by atoms with Crippen molar-refractivity contribution in [2.45, 2.75) is 84.0 Å². The van der Waals surface area contributed by atoms with Gasteiger partial charge in [0.15, 0.2) is 17.5 Å². The number of fused-ring (bicyclic) bond motifs is 1. The third-order valence-corrected chi connectivity index (χ3v) is 7.85. The summed E-state index contributed by atoms with van der Waals surface area (Å²) in [5, 5.41) is 0. The third kappa shape index (κ3) is 4.04. The molecule has 0 saturated heterocycles. The zero-order chi connectivity index (χ0) is 19.7. The van der Waals surface area contributed by atoms with E-state index in [-0.39, 0.29) is 0 Å². The van der Waals surface area contributed by atoms with Crippen molar-refractivity contribution in [2.75, 3.05) is 0 Å². The van der Waals surface area contributed by atoms with Crippen molar-refractivity contribution in [1.82, 2.24) is 0 Å². The van der Waals surface area contributed by atoms with Crippen LogP contribution >= 0.6 is 0 Å². The SMILES string of the molecule is CCCC1CCC(C2CCC(C3=Cc4cc(F)c(F)c(F)c4CC3)CC2)CC1. The van der Waals surface area contributed by atoms with Gasteiger partial charge in [0.2, 0.25) is 0 Å². The summed E-state index contributed by atoms with van der Waals surface area (Å²) in [6.07, 6.45) is 16.6. The summed E-state index contributed by atoms with van der Waals surface area (Å²) >= 11 is 0. The molecule has 1 aromatic rings. The molecule has 2 fully saturated rings. The molecule has 1 aromatic carbocycles. The lowest BCUT2D eigenvalue weighted by atomic mass is 9.67. The molecule has 0 N–H and O–H groups in total. The summed E-state index contributed by atoms with van der Waals surface area (Å²) in [6.45, 7) is 2.30. The lowest BCUT2D eigenvalue weighted by Crippen LogP contribution is -2.26. The van der Waals surface area contributed by atoms with Crippen molar-refractivity contribution in [2.24, 2.45) is 23.7 Å². The number of benzene rings is 1. The van der Waals surface area contributed by atoms with Crippen LogP contribution in [-0.4, -0.2) is 0 Å². The van der Waals surface area contributed by atoms with Crippen LogP contribution in [0.1, 0.15) is 88.7 Å². The van der Waals surface area contributed by atoms with Crippen LogP contribution in [0.15, 0.2) is 11.6 Å². The maximum absolute atomic E-state index is 14.0. The molecule has 2 saturated carbocycles. The third-order valence-electron chi connectivity index (χ3n) is 7.85. The maximum atomic E-state index is 14.0. The van der Waals surface area contributed by atoms with Crippen LogP contribution in [0.2, 0.25) is 0 Å². The Morgan fingerprint density at radius 2 is 1.46 bits per heavy atom. The van der Waals surface area contributed by atoms with Gasteiger partial charge < -0.3 is 0 Å². The molecule has 0 aromatic heterocycles. The molecule has 4 rings (SSSR count). The fourth-order valence-electron chi connectivity index (χ4n) is 6.22. The molecular weight excluding hydrogens is 357 g/mol. The first-order valence-electron chi connectivity index (χ1n) is 11.4. The Balaban J connectivity index is 1.36. The Labute approximate surface area is 167 Å². The van der Waals surface area contributed by atoms with Gasteiger partial charge in [-0.25, -0.2) is 13.2 Å². The van der Waals surface area contributed by atoms with Crippen LogP contribution in [0, 0.1) is 41.1 Å². The number of hydrogen-bond donors (Lipinski definition) is 0. The van der Waals surface area contributed by atoms with E-state index in [4.69, 9.17) is 0 Å². The highest BCUT2D eigenvalue weighted by Gasteiger charge is 2.32. The van der Waals surface area contributed by atoms with Crippen LogP contribution in [0.25, 0.3) is 6.08 Å². The molecule has 3 aliphatic carbocycles. The molecule has 0 nitrogen and oxygen atoms in total. The molecule has 3 heteroatoms. The van der Waals surface area contributed by atoms with Crippen LogP contribution in [0.5, 0.6) is 0 Å². The Hall–Kier alpha value is -1.25. The molecule has 0 amide bonds. The largest absolute Gasteiger partial charge is 0.204 e. The van der Waals surface area contributed by atoms with Gasteiger partial charge in [-0.2, -0.15) is 0 Å². The van der Waals surface area contributed by atoms with Gasteiger partial charge in [0.05, 0.1) is 0 Å². The second-order valence-corrected chi connectivity index (χ2v) is 9.45. The number of allylic oxidation sites excluding steroid dienone is 1. The van der Waals surface area contributed by atoms with Crippen molar-refractivity contribution in [1.29, 1.82) is 0 Å². The Bertz CT molecular complexity index is 720. The van der Waals surface area contributed by atoms with Crippen molar-refractivity contribution in [3.05, 3.63) is 40.2 Å². The maximum Gasteiger partial charge on any atom is 0.194 e. The van der Waals surface area contributed by atoms with Crippen molar-refractivity contribution in [3.63, 3.8) is 0 Å². The quantitative estimate of drug-likeness (QED) is 0.459. The van der Waals surface area contributed by atoms with E-state index >= 15 is 0 Å². The minimum Gasteiger partial charge on any atom is -0.204 e. The molecule has 0 aliphatic heterocycles. The number of halogens is 3. The molecule has 0 spiro atoms. The smallest absolute Gasteiger partial charge is 0.194 e. The topological polar surface area (TPSA) is 0 Å². The number of rotatable bonds is 4. The first-order chi connectivity index (χ1) is 13.6. The highest BCUT2D eigenvalue weighted by atomic mass is 19.2. The molecule has 3 aliphatic rings. The normalized spacial score (nSPS) is 30.6. The van der Waals surface area contributed by atoms with E-state index < -0.39 is 17.5 Å². The van der Waals surface area contributed by atoms with Gasteiger partial charge in [0.25, 0.3) is 0 Å². The van der Waals surface area contributed by atoms with E-state index in [1.165, 1.54) is 75.8 Å². The minimum absolute atomic E-state index is 0.347. The van der Waals surface area contributed by atoms with Gasteiger partial charge >= 0.3 is 0 Å². The van der Waals surface area contributed by atoms with Gasteiger partial charge in [-0.15, -0.1) is 0 Å². The number of hydrogen-bond acceptors (Lipinski definition) is 0. The van der Waals surface area contributed by atoms with Gasteiger partial charge in [-0.3, -0.25) is 0 Å². The standard InChI is InChI=1S/C25H33F3/c1-2-3-16-4-6-17(7-5-16)18-8-10-19(11-9-18)20-12-13-22-21(14-20)15-23(26)25(28)24(22)27/h14-19H,2-13H2,1H3. The molecular formula is C25H33F3. The fourth-order valence-corrected chi connectivity index (χ4v) is 6.22. The monoisotopic (exact) mass is 390 g/mol. The molecule has 0 heterocycles. The first-order valence-corrected chi connectivity index (χ1v) is 11.4. The van der Waals surface area contributed by atoms with E-state index in [9.17, 15) is 13.2 Å². The van der Waals surface area contributed by atoms with E-state index in [0.717, 1.165) is 24.2 Å². The zero-order valence-electron chi connectivity index (χ0n) is 17.1. The van der Waals surface area contributed by atoms with Gasteiger partial charge in [-0.1, -0.05) is 44.3 Å². The zero-order valence-corrected chi connectivity index (χ0v) is 17.1. The molecule has 0 atom stereocenters. The molecule has 0 radical (unpaired) electrons. The molecule has 0 unspecified atom stereocenters. The summed E-state index contributed by atoms with van der Waals surface area (Å²) in [4.78, 5) is 0. The predicted octanol–water partition coefficient (Wildman–Crippen LogP) is 7.85. The molecule has 154 valence electrons. The predicted molar refractivity (Wildman–Crippen MR) is 108 cm³/mol. The first kappa shape index (κ1) is 20.0. The minimum atomic E-state index is -1.33. The van der Waals surface area contributed by atoms with Gasteiger partial charge in [0, 0.05) is 0 Å². The summed E-state index contributed by atoms with van der Waals surface area (Å²) < 4.78 is 41.1. The molecule has 28 heavy (non-hydrogen) atoms. The lowest BCUT2D eigenvalue weighted by Gasteiger charge is -2.39. The van der Waals surface area contributed by atoms with E-state index in [1.54, 1.807) is 0 Å². The lowest BCUT2D eigenvalue weighted by molar-refractivity contribution is 0.150. The van der Waals surface area contributed by atoms with Crippen molar-refractivity contribution < 1.29 is 13.2 Å². The second-order valence-electron chi connectivity index (χ2n) is 9.45. The Morgan fingerprint density at radius 1 is 0.821 bits per heavy atom. The fraction of sp³-hybridized carbons (Fsp3) is 0.680. The van der Waals surface area contributed by atoms with Crippen LogP contribution < -0.4 is 0 Å². The van der Waals surface area contributed by atoms with Crippen LogP contribution in [0.4, 0.5) is 13.2 Å². The highest BCUT2D eigenvalue weighted by Crippen LogP contribution is 2.45. The Morgan fingerprint density at radius 3 is 2.11 bits per heavy atom. The molecule has 0 bridgehead atoms. The summed E-state index contributed by atoms with van der Waals surface area (Å²) in [6, 6.07) is 1.17. The average Bonchev–Trinajstić information content (AvgIpc) is 2.73. The van der Waals surface area contributed by atoms with Gasteiger partial charge in [-0.05, 0) is 92.2 Å². The Kier molecular flexibility index (Phi) is 6.18. The summed E-state index contributed by atoms with van der Waals surface area (Å²) in [7, 11) is 0. The van der Waals surface area contributed by atoms with Crippen molar-refractivity contribution >= 4 is 6.08 Å². The van der Waals surface area contributed by atoms with E-state index in [2.05, 4.69) is 6.92 Å². The van der Waals surface area contributed by atoms with Crippen LogP contribution in [0.3, 0.4) is 0 Å². The van der Waals surface area contributed by atoms with Crippen molar-refractivity contribution in [3.8, 4) is 0 Å². The average molecular weight is 391 g/mol. The summed E-state index contributed by atoms with van der Waals surface area (Å²) in [5.74, 6) is -0.0955.